The fraction of sp³-hybridized carbons (Fsp3) is 0.500. The van der Waals surface area contributed by atoms with E-state index in [0.29, 0.717) is 19.4 Å². The summed E-state index contributed by atoms with van der Waals surface area (Å²) in [5.74, 6) is -5.33. The monoisotopic (exact) mass is 665 g/mol. The molecule has 1 heterocycles. The number of carbonyl (C=O) groups is 4. The number of rotatable bonds is 13. The van der Waals surface area contributed by atoms with E-state index in [1.165, 1.54) is 37.4 Å². The van der Waals surface area contributed by atoms with E-state index >= 15 is 8.78 Å². The zero-order valence-electron chi connectivity index (χ0n) is 24.9. The molecule has 3 N–H and O–H groups in total. The van der Waals surface area contributed by atoms with Crippen LogP contribution in [0.15, 0.2) is 54.6 Å². The lowest BCUT2D eigenvalue weighted by Gasteiger charge is -2.29. The van der Waals surface area contributed by atoms with Gasteiger partial charge < -0.3 is 20.1 Å². The van der Waals surface area contributed by atoms with Gasteiger partial charge in [0.25, 0.3) is 0 Å². The summed E-state index contributed by atoms with van der Waals surface area (Å²) in [5.41, 5.74) is -0.361. The van der Waals surface area contributed by atoms with Gasteiger partial charge in [-0.3, -0.25) is 14.3 Å². The van der Waals surface area contributed by atoms with Crippen LogP contribution in [0.4, 0.5) is 13.6 Å². The summed E-state index contributed by atoms with van der Waals surface area (Å²) in [6.07, 6.45) is 2.75. The predicted octanol–water partition coefficient (Wildman–Crippen LogP) is 6.07. The van der Waals surface area contributed by atoms with Gasteiger partial charge in [0.2, 0.25) is 11.8 Å². The first kappa shape index (κ1) is 34.5. The zero-order valence-corrected chi connectivity index (χ0v) is 26.5. The maximum absolute atomic E-state index is 15.8. The highest BCUT2D eigenvalue weighted by atomic mass is 35.5. The Morgan fingerprint density at radius 1 is 1.04 bits per heavy atom. The summed E-state index contributed by atoms with van der Waals surface area (Å²) in [6.45, 7) is 0.484. The van der Waals surface area contributed by atoms with Gasteiger partial charge in [-0.25, -0.2) is 9.59 Å². The van der Waals surface area contributed by atoms with E-state index in [1.54, 1.807) is 18.2 Å². The standard InChI is InChI=1S/C32H38ClF2N3O6S/c1-43-30(41)25(18-22-15-16-36-28(22)39)37-29(40)26(17-20-9-4-2-5-10-20)45-38-31(42)44-27(21-11-6-3-7-12-21)32(34,35)23-13-8-14-24(33)19-23/h3,6-8,11-14,19-20,22,25-27H,2,4-5,9-10,15-18H2,1H3,(H,36,39)(H,37,40)(H,38,42)/t22-,25-,26-,27-/m0/s1. The number of halogens is 3. The van der Waals surface area contributed by atoms with Crippen molar-refractivity contribution in [2.24, 2.45) is 11.8 Å². The van der Waals surface area contributed by atoms with Crippen molar-refractivity contribution >= 4 is 47.4 Å². The quantitative estimate of drug-likeness (QED) is 0.175. The third-order valence-corrected chi connectivity index (χ3v) is 9.41. The number of hydrogen-bond acceptors (Lipinski definition) is 7. The van der Waals surface area contributed by atoms with Crippen molar-refractivity contribution in [3.8, 4) is 0 Å². The lowest BCUT2D eigenvalue weighted by molar-refractivity contribution is -0.145. The second-order valence-electron chi connectivity index (χ2n) is 11.4. The molecule has 3 amide bonds. The third-order valence-electron chi connectivity index (χ3n) is 8.20. The number of ether oxygens (including phenoxy) is 2. The molecule has 1 aliphatic heterocycles. The molecule has 0 aromatic heterocycles. The van der Waals surface area contributed by atoms with E-state index in [9.17, 15) is 19.2 Å². The highest BCUT2D eigenvalue weighted by Crippen LogP contribution is 2.43. The molecule has 0 radical (unpaired) electrons. The van der Waals surface area contributed by atoms with Crippen molar-refractivity contribution in [2.45, 2.75) is 74.7 Å². The van der Waals surface area contributed by atoms with Crippen molar-refractivity contribution in [3.63, 3.8) is 0 Å². The molecule has 2 fully saturated rings. The maximum atomic E-state index is 15.8. The number of benzene rings is 2. The Hall–Kier alpha value is -3.38. The lowest BCUT2D eigenvalue weighted by Crippen LogP contribution is -2.47. The zero-order chi connectivity index (χ0) is 32.4. The number of methoxy groups -OCH3 is 1. The molecule has 13 heteroatoms. The largest absolute Gasteiger partial charge is 0.467 e. The van der Waals surface area contributed by atoms with E-state index in [-0.39, 0.29) is 28.8 Å². The van der Waals surface area contributed by atoms with Gasteiger partial charge in [-0.15, -0.1) is 0 Å². The van der Waals surface area contributed by atoms with Crippen LogP contribution in [0.3, 0.4) is 0 Å². The van der Waals surface area contributed by atoms with Gasteiger partial charge in [0.05, 0.1) is 7.11 Å². The minimum Gasteiger partial charge on any atom is -0.467 e. The summed E-state index contributed by atoms with van der Waals surface area (Å²) in [5, 5.41) is 4.66. The van der Waals surface area contributed by atoms with Crippen LogP contribution in [0, 0.1) is 11.8 Å². The molecule has 2 aromatic rings. The van der Waals surface area contributed by atoms with Crippen LogP contribution in [0.2, 0.25) is 5.02 Å². The molecule has 2 aliphatic rings. The van der Waals surface area contributed by atoms with Crippen molar-refractivity contribution in [1.29, 1.82) is 0 Å². The molecule has 45 heavy (non-hydrogen) atoms. The summed E-state index contributed by atoms with van der Waals surface area (Å²) < 4.78 is 44.3. The van der Waals surface area contributed by atoms with Crippen LogP contribution in [-0.2, 0) is 29.8 Å². The number of amides is 3. The lowest BCUT2D eigenvalue weighted by atomic mass is 9.86. The smallest absolute Gasteiger partial charge is 0.418 e. The first-order chi connectivity index (χ1) is 21.6. The number of alkyl halides is 2. The molecule has 1 saturated heterocycles. The Morgan fingerprint density at radius 2 is 1.78 bits per heavy atom. The van der Waals surface area contributed by atoms with Gasteiger partial charge in [-0.05, 0) is 54.8 Å². The number of carbonyl (C=O) groups excluding carboxylic acids is 4. The molecule has 4 atom stereocenters. The van der Waals surface area contributed by atoms with E-state index in [4.69, 9.17) is 21.1 Å². The third kappa shape index (κ3) is 9.56. The van der Waals surface area contributed by atoms with Gasteiger partial charge in [0.1, 0.15) is 11.3 Å². The van der Waals surface area contributed by atoms with Crippen LogP contribution >= 0.6 is 23.5 Å². The Kier molecular flexibility index (Phi) is 12.5. The van der Waals surface area contributed by atoms with E-state index in [2.05, 4.69) is 15.4 Å². The SMILES string of the molecule is COC(=O)[C@H](C[C@@H]1CCNC1=O)NC(=O)[C@H](CC1CCCCC1)SNC(=O)O[C@@H](c1ccccc1)C(F)(F)c1cccc(Cl)c1. The normalized spacial score (nSPS) is 19.1. The Balaban J connectivity index is 1.49. The van der Waals surface area contributed by atoms with Crippen molar-refractivity contribution in [1.82, 2.24) is 15.4 Å². The van der Waals surface area contributed by atoms with Gasteiger partial charge in [0, 0.05) is 23.0 Å². The Morgan fingerprint density at radius 3 is 2.42 bits per heavy atom. The minimum atomic E-state index is -3.65. The predicted molar refractivity (Wildman–Crippen MR) is 166 cm³/mol. The van der Waals surface area contributed by atoms with Crippen LogP contribution < -0.4 is 15.4 Å². The number of nitrogens with one attached hydrogen (secondary N) is 3. The van der Waals surface area contributed by atoms with Gasteiger partial charge in [-0.2, -0.15) is 8.78 Å². The average Bonchev–Trinajstić information content (AvgIpc) is 3.45. The van der Waals surface area contributed by atoms with Crippen molar-refractivity contribution < 1.29 is 37.4 Å². The molecule has 2 aromatic carbocycles. The molecule has 0 bridgehead atoms. The molecule has 1 aliphatic carbocycles. The van der Waals surface area contributed by atoms with Crippen LogP contribution in [0.25, 0.3) is 0 Å². The second-order valence-corrected chi connectivity index (χ2v) is 12.8. The number of esters is 1. The van der Waals surface area contributed by atoms with E-state index < -0.39 is 52.8 Å². The highest BCUT2D eigenvalue weighted by molar-refractivity contribution is 7.99. The van der Waals surface area contributed by atoms with Crippen LogP contribution in [0.1, 0.15) is 68.6 Å². The topological polar surface area (TPSA) is 123 Å². The minimum absolute atomic E-state index is 0.0657. The van der Waals surface area contributed by atoms with Crippen LogP contribution in [-0.4, -0.2) is 48.8 Å². The summed E-state index contributed by atoms with van der Waals surface area (Å²) in [4.78, 5) is 51.4. The Labute approximate surface area is 270 Å². The van der Waals surface area contributed by atoms with Crippen LogP contribution in [0.5, 0.6) is 0 Å². The first-order valence-corrected chi connectivity index (χ1v) is 16.3. The summed E-state index contributed by atoms with van der Waals surface area (Å²) in [6, 6.07) is 11.7. The van der Waals surface area contributed by atoms with Gasteiger partial charge in [0.15, 0.2) is 6.10 Å². The summed E-state index contributed by atoms with van der Waals surface area (Å²) in [7, 11) is 1.20. The maximum Gasteiger partial charge on any atom is 0.418 e. The fourth-order valence-electron chi connectivity index (χ4n) is 5.79. The molecule has 9 nitrogen and oxygen atoms in total. The first-order valence-electron chi connectivity index (χ1n) is 15.1. The van der Waals surface area contributed by atoms with E-state index in [1.807, 2.05) is 0 Å². The van der Waals surface area contributed by atoms with Crippen molar-refractivity contribution in [2.75, 3.05) is 13.7 Å². The summed E-state index contributed by atoms with van der Waals surface area (Å²) >= 11 is 6.73. The molecular formula is C32H38ClF2N3O6S. The van der Waals surface area contributed by atoms with Gasteiger partial charge in [-0.1, -0.05) is 86.2 Å². The Bertz CT molecular complexity index is 1330. The highest BCUT2D eigenvalue weighted by Gasteiger charge is 2.46. The van der Waals surface area contributed by atoms with E-state index in [0.717, 1.165) is 50.1 Å². The fourth-order valence-corrected chi connectivity index (χ4v) is 6.81. The average molecular weight is 666 g/mol. The molecule has 4 rings (SSSR count). The van der Waals surface area contributed by atoms with Crippen molar-refractivity contribution in [3.05, 3.63) is 70.7 Å². The molecule has 244 valence electrons. The molecule has 1 saturated carbocycles. The second kappa shape index (κ2) is 16.3. The van der Waals surface area contributed by atoms with Gasteiger partial charge >= 0.3 is 18.0 Å². The molecule has 0 unspecified atom stereocenters. The molecule has 0 spiro atoms. The number of hydrogen-bond donors (Lipinski definition) is 3. The molecular weight excluding hydrogens is 628 g/mol.